The van der Waals surface area contributed by atoms with Crippen LogP contribution < -0.4 is 10.6 Å². The van der Waals surface area contributed by atoms with E-state index in [0.29, 0.717) is 11.3 Å². The van der Waals surface area contributed by atoms with Gasteiger partial charge in [0.2, 0.25) is 0 Å². The first-order valence-corrected chi connectivity index (χ1v) is 6.00. The van der Waals surface area contributed by atoms with Crippen LogP contribution in [0.3, 0.4) is 0 Å². The average molecular weight is 288 g/mol. The molecule has 0 atom stereocenters. The van der Waals surface area contributed by atoms with Crippen molar-refractivity contribution in [3.8, 4) is 0 Å². The second-order valence-corrected chi connectivity index (χ2v) is 4.25. The fourth-order valence-electron chi connectivity index (χ4n) is 1.76. The summed E-state index contributed by atoms with van der Waals surface area (Å²) in [5.41, 5.74) is 6.45. The molecular weight excluding hydrogens is 275 g/mol. The highest BCUT2D eigenvalue weighted by Gasteiger charge is 2.17. The fraction of sp³-hybridized carbons (Fsp3) is 0.0714. The Morgan fingerprint density at radius 3 is 2.57 bits per heavy atom. The Balaban J connectivity index is 2.26. The van der Waals surface area contributed by atoms with Gasteiger partial charge in [-0.3, -0.25) is 9.78 Å². The van der Waals surface area contributed by atoms with Gasteiger partial charge in [-0.15, -0.1) is 0 Å². The van der Waals surface area contributed by atoms with Gasteiger partial charge in [-0.25, -0.2) is 4.39 Å². The topological polar surface area (TPSA) is 91.8 Å². The molecule has 0 bridgehead atoms. The number of amides is 1. The van der Waals surface area contributed by atoms with Gasteiger partial charge in [0.05, 0.1) is 11.8 Å². The summed E-state index contributed by atoms with van der Waals surface area (Å²) in [5, 5.41) is 11.5. The molecule has 0 saturated heterocycles. The van der Waals surface area contributed by atoms with Crippen molar-refractivity contribution >= 4 is 17.4 Å². The average Bonchev–Trinajstić information content (AvgIpc) is 2.53. The molecule has 7 heteroatoms. The number of hydrogen-bond acceptors (Lipinski definition) is 4. The molecule has 108 valence electrons. The molecule has 0 saturated carbocycles. The third-order valence-corrected chi connectivity index (χ3v) is 2.97. The van der Waals surface area contributed by atoms with Gasteiger partial charge < -0.3 is 15.8 Å². The minimum atomic E-state index is -0.678. The normalized spacial score (nSPS) is 11.2. The lowest BCUT2D eigenvalue weighted by atomic mass is 10.1. The molecule has 0 unspecified atom stereocenters. The van der Waals surface area contributed by atoms with E-state index in [0.717, 1.165) is 6.20 Å². The van der Waals surface area contributed by atoms with Gasteiger partial charge in [-0.2, -0.15) is 0 Å². The molecule has 2 rings (SSSR count). The Labute approximate surface area is 120 Å². The standard InChI is InChI=1S/C14H13FN4O2/c1-19(14(20)11-6-7-17-8-12(11)15)10-4-2-9(3-5-10)13(16)18-21/h2-8,21H,1H3,(H2,16,18). The van der Waals surface area contributed by atoms with Crippen molar-refractivity contribution in [2.45, 2.75) is 0 Å². The molecule has 0 aliphatic heterocycles. The predicted molar refractivity (Wildman–Crippen MR) is 75.9 cm³/mol. The highest BCUT2D eigenvalue weighted by molar-refractivity contribution is 6.06. The molecule has 0 spiro atoms. The van der Waals surface area contributed by atoms with Crippen LogP contribution in [-0.2, 0) is 0 Å². The summed E-state index contributed by atoms with van der Waals surface area (Å²) < 4.78 is 13.6. The molecule has 1 amide bonds. The lowest BCUT2D eigenvalue weighted by molar-refractivity contribution is 0.0989. The molecule has 1 aromatic carbocycles. The first-order valence-electron chi connectivity index (χ1n) is 6.00. The largest absolute Gasteiger partial charge is 0.409 e. The number of nitrogens with zero attached hydrogens (tertiary/aromatic N) is 3. The second kappa shape index (κ2) is 6.00. The van der Waals surface area contributed by atoms with Gasteiger partial charge in [0, 0.05) is 24.5 Å². The van der Waals surface area contributed by atoms with Crippen LogP contribution in [-0.4, -0.2) is 29.0 Å². The number of hydrogen-bond donors (Lipinski definition) is 2. The van der Waals surface area contributed by atoms with E-state index in [1.165, 1.54) is 24.2 Å². The van der Waals surface area contributed by atoms with Crippen LogP contribution in [0.4, 0.5) is 10.1 Å². The highest BCUT2D eigenvalue weighted by Crippen LogP contribution is 2.17. The summed E-state index contributed by atoms with van der Waals surface area (Å²) in [4.78, 5) is 17.1. The SMILES string of the molecule is CN(C(=O)c1ccncc1F)c1ccc(C(N)=NO)cc1. The van der Waals surface area contributed by atoms with E-state index in [2.05, 4.69) is 10.1 Å². The Kier molecular flexibility index (Phi) is 4.13. The molecule has 6 nitrogen and oxygen atoms in total. The van der Waals surface area contributed by atoms with Gasteiger partial charge in [0.1, 0.15) is 0 Å². The Bertz CT molecular complexity index is 686. The summed E-state index contributed by atoms with van der Waals surface area (Å²) in [6.07, 6.45) is 2.34. The minimum Gasteiger partial charge on any atom is -0.409 e. The van der Waals surface area contributed by atoms with E-state index in [9.17, 15) is 9.18 Å². The molecular formula is C14H13FN4O2. The van der Waals surface area contributed by atoms with E-state index in [4.69, 9.17) is 10.9 Å². The summed E-state index contributed by atoms with van der Waals surface area (Å²) >= 11 is 0. The quantitative estimate of drug-likeness (QED) is 0.388. The molecule has 0 aliphatic carbocycles. The molecule has 21 heavy (non-hydrogen) atoms. The number of oxime groups is 1. The Hall–Kier alpha value is -2.96. The third kappa shape index (κ3) is 2.97. The lowest BCUT2D eigenvalue weighted by Gasteiger charge is -2.17. The van der Waals surface area contributed by atoms with Crippen LogP contribution in [0, 0.1) is 5.82 Å². The van der Waals surface area contributed by atoms with Crippen molar-refractivity contribution in [3.63, 3.8) is 0 Å². The molecule has 3 N–H and O–H groups in total. The zero-order valence-corrected chi connectivity index (χ0v) is 11.2. The number of nitrogens with two attached hydrogens (primary N) is 1. The van der Waals surface area contributed by atoms with Crippen LogP contribution >= 0.6 is 0 Å². The van der Waals surface area contributed by atoms with Crippen LogP contribution in [0.15, 0.2) is 47.9 Å². The van der Waals surface area contributed by atoms with Gasteiger partial charge in [-0.05, 0) is 30.3 Å². The first kappa shape index (κ1) is 14.4. The number of anilines is 1. The van der Waals surface area contributed by atoms with Crippen molar-refractivity contribution in [3.05, 3.63) is 59.7 Å². The summed E-state index contributed by atoms with van der Waals surface area (Å²) in [6.45, 7) is 0. The Morgan fingerprint density at radius 2 is 2.00 bits per heavy atom. The van der Waals surface area contributed by atoms with Crippen LogP contribution in [0.25, 0.3) is 0 Å². The van der Waals surface area contributed by atoms with Gasteiger partial charge >= 0.3 is 0 Å². The van der Waals surface area contributed by atoms with E-state index >= 15 is 0 Å². The van der Waals surface area contributed by atoms with Crippen LogP contribution in [0.1, 0.15) is 15.9 Å². The maximum Gasteiger partial charge on any atom is 0.261 e. The zero-order chi connectivity index (χ0) is 15.4. The predicted octanol–water partition coefficient (Wildman–Crippen LogP) is 1.59. The van der Waals surface area contributed by atoms with E-state index < -0.39 is 11.7 Å². The number of rotatable bonds is 3. The van der Waals surface area contributed by atoms with Crippen molar-refractivity contribution in [2.75, 3.05) is 11.9 Å². The second-order valence-electron chi connectivity index (χ2n) is 4.25. The molecule has 2 aromatic rings. The van der Waals surface area contributed by atoms with Crippen LogP contribution in [0.2, 0.25) is 0 Å². The molecule has 1 heterocycles. The zero-order valence-electron chi connectivity index (χ0n) is 11.2. The molecule has 1 aromatic heterocycles. The number of carbonyl (C=O) groups is 1. The lowest BCUT2D eigenvalue weighted by Crippen LogP contribution is -2.27. The maximum absolute atomic E-state index is 13.6. The van der Waals surface area contributed by atoms with Crippen molar-refractivity contribution in [1.82, 2.24) is 4.98 Å². The smallest absolute Gasteiger partial charge is 0.261 e. The molecule has 0 aliphatic rings. The Morgan fingerprint density at radius 1 is 1.33 bits per heavy atom. The van der Waals surface area contributed by atoms with Crippen molar-refractivity contribution in [1.29, 1.82) is 0 Å². The van der Waals surface area contributed by atoms with Gasteiger partial charge in [0.15, 0.2) is 11.7 Å². The number of halogens is 1. The molecule has 0 radical (unpaired) electrons. The molecule has 0 fully saturated rings. The van der Waals surface area contributed by atoms with Crippen molar-refractivity contribution in [2.24, 2.45) is 10.9 Å². The van der Waals surface area contributed by atoms with Crippen LogP contribution in [0.5, 0.6) is 0 Å². The fourth-order valence-corrected chi connectivity index (χ4v) is 1.76. The number of amidine groups is 1. The van der Waals surface area contributed by atoms with Crippen molar-refractivity contribution < 1.29 is 14.4 Å². The third-order valence-electron chi connectivity index (χ3n) is 2.97. The number of benzene rings is 1. The minimum absolute atomic E-state index is 0.0318. The van der Waals surface area contributed by atoms with Gasteiger partial charge in [0.25, 0.3) is 5.91 Å². The highest BCUT2D eigenvalue weighted by atomic mass is 19.1. The monoisotopic (exact) mass is 288 g/mol. The van der Waals surface area contributed by atoms with E-state index in [1.807, 2.05) is 0 Å². The van der Waals surface area contributed by atoms with Gasteiger partial charge in [-0.1, -0.05) is 5.16 Å². The summed E-state index contributed by atoms with van der Waals surface area (Å²) in [7, 11) is 1.53. The maximum atomic E-state index is 13.6. The summed E-state index contributed by atoms with van der Waals surface area (Å²) in [6, 6.07) is 7.74. The van der Waals surface area contributed by atoms with E-state index in [-0.39, 0.29) is 11.4 Å². The number of pyridine rings is 1. The first-order chi connectivity index (χ1) is 10.0. The summed E-state index contributed by atoms with van der Waals surface area (Å²) in [5.74, 6) is -1.20. The number of aromatic nitrogens is 1. The number of carbonyl (C=O) groups excluding carboxylic acids is 1. The van der Waals surface area contributed by atoms with E-state index in [1.54, 1.807) is 24.3 Å².